The van der Waals surface area contributed by atoms with E-state index < -0.39 is 0 Å². The van der Waals surface area contributed by atoms with Crippen LogP contribution in [0.3, 0.4) is 0 Å². The largest absolute Gasteiger partial charge is 0.274 e. The van der Waals surface area contributed by atoms with E-state index in [-0.39, 0.29) is 29.5 Å². The van der Waals surface area contributed by atoms with Gasteiger partial charge >= 0.3 is 0 Å². The van der Waals surface area contributed by atoms with E-state index in [0.717, 1.165) is 31.2 Å². The summed E-state index contributed by atoms with van der Waals surface area (Å²) in [6.07, 6.45) is 5.18. The van der Waals surface area contributed by atoms with Crippen molar-refractivity contribution in [1.82, 2.24) is 9.78 Å². The molecule has 1 aromatic carbocycles. The van der Waals surface area contributed by atoms with Gasteiger partial charge in [0, 0.05) is 11.2 Å². The van der Waals surface area contributed by atoms with E-state index in [1.807, 2.05) is 12.1 Å². The average Bonchev–Trinajstić information content (AvgIpc) is 3.08. The number of hydrogen-bond donors (Lipinski definition) is 0. The van der Waals surface area contributed by atoms with Gasteiger partial charge in [-0.1, -0.05) is 48.2 Å². The SMILES string of the molecule is O=C1[C@H]2CCCC[C@H]2C(=O)N1c1nn(Cc2ccc(Cl)cc2)cc1Cl. The molecule has 2 aliphatic rings. The highest BCUT2D eigenvalue weighted by molar-refractivity contribution is 6.35. The van der Waals surface area contributed by atoms with E-state index >= 15 is 0 Å². The van der Waals surface area contributed by atoms with Crippen molar-refractivity contribution in [2.45, 2.75) is 32.2 Å². The summed E-state index contributed by atoms with van der Waals surface area (Å²) in [5.74, 6) is -0.487. The molecule has 1 saturated heterocycles. The van der Waals surface area contributed by atoms with Gasteiger partial charge in [0.05, 0.1) is 18.4 Å². The zero-order chi connectivity index (χ0) is 17.6. The van der Waals surface area contributed by atoms with E-state index in [9.17, 15) is 9.59 Å². The molecule has 0 unspecified atom stereocenters. The molecule has 2 amide bonds. The third kappa shape index (κ3) is 2.96. The Morgan fingerprint density at radius 1 is 1.00 bits per heavy atom. The van der Waals surface area contributed by atoms with Crippen LogP contribution in [0.1, 0.15) is 31.2 Å². The Bertz CT molecular complexity index is 807. The molecule has 7 heteroatoms. The molecule has 1 aliphatic carbocycles. The maximum atomic E-state index is 12.7. The van der Waals surface area contributed by atoms with Gasteiger partial charge in [0.25, 0.3) is 0 Å². The van der Waals surface area contributed by atoms with Crippen LogP contribution < -0.4 is 4.90 Å². The second-order valence-electron chi connectivity index (χ2n) is 6.63. The third-order valence-electron chi connectivity index (χ3n) is 5.01. The Balaban J connectivity index is 1.60. The van der Waals surface area contributed by atoms with Crippen LogP contribution in [0.15, 0.2) is 30.5 Å². The van der Waals surface area contributed by atoms with Crippen molar-refractivity contribution in [1.29, 1.82) is 0 Å². The van der Waals surface area contributed by atoms with Crippen LogP contribution in [0.2, 0.25) is 10.0 Å². The first-order valence-electron chi connectivity index (χ1n) is 8.40. The number of rotatable bonds is 3. The summed E-state index contributed by atoms with van der Waals surface area (Å²) >= 11 is 12.2. The highest BCUT2D eigenvalue weighted by Crippen LogP contribution is 2.41. The molecule has 5 nitrogen and oxygen atoms in total. The quantitative estimate of drug-likeness (QED) is 0.761. The smallest absolute Gasteiger partial charge is 0.238 e. The molecular formula is C18H17Cl2N3O2. The molecule has 2 heterocycles. The molecule has 25 heavy (non-hydrogen) atoms. The normalized spacial score (nSPS) is 23.2. The van der Waals surface area contributed by atoms with Crippen LogP contribution >= 0.6 is 23.2 Å². The van der Waals surface area contributed by atoms with Gasteiger partial charge < -0.3 is 0 Å². The van der Waals surface area contributed by atoms with E-state index in [4.69, 9.17) is 23.2 Å². The van der Waals surface area contributed by atoms with Gasteiger partial charge in [-0.05, 0) is 30.5 Å². The molecule has 0 bridgehead atoms. The van der Waals surface area contributed by atoms with Crippen molar-refractivity contribution in [3.8, 4) is 0 Å². The number of carbonyl (C=O) groups is 2. The number of anilines is 1. The number of aromatic nitrogens is 2. The minimum Gasteiger partial charge on any atom is -0.274 e. The van der Waals surface area contributed by atoms with Crippen molar-refractivity contribution < 1.29 is 9.59 Å². The molecule has 4 rings (SSSR count). The van der Waals surface area contributed by atoms with E-state index in [1.54, 1.807) is 23.0 Å². The molecule has 130 valence electrons. The molecule has 1 aliphatic heterocycles. The monoisotopic (exact) mass is 377 g/mol. The minimum atomic E-state index is -0.210. The first kappa shape index (κ1) is 16.6. The Morgan fingerprint density at radius 3 is 2.20 bits per heavy atom. The van der Waals surface area contributed by atoms with Crippen LogP contribution in [0.25, 0.3) is 0 Å². The second kappa shape index (κ2) is 6.46. The Kier molecular flexibility index (Phi) is 4.29. The molecule has 0 spiro atoms. The molecule has 2 fully saturated rings. The van der Waals surface area contributed by atoms with Crippen molar-refractivity contribution >= 4 is 40.8 Å². The van der Waals surface area contributed by atoms with Crippen molar-refractivity contribution in [3.05, 3.63) is 46.1 Å². The average molecular weight is 378 g/mol. The lowest BCUT2D eigenvalue weighted by atomic mass is 9.81. The van der Waals surface area contributed by atoms with Gasteiger partial charge in [0.15, 0.2) is 5.82 Å². The summed E-state index contributed by atoms with van der Waals surface area (Å²) < 4.78 is 1.64. The highest BCUT2D eigenvalue weighted by atomic mass is 35.5. The van der Waals surface area contributed by atoms with Gasteiger partial charge in [-0.15, -0.1) is 0 Å². The van der Waals surface area contributed by atoms with Crippen LogP contribution in [-0.2, 0) is 16.1 Å². The summed E-state index contributed by atoms with van der Waals surface area (Å²) in [5, 5.41) is 5.38. The Labute approximate surface area is 155 Å². The lowest BCUT2D eigenvalue weighted by molar-refractivity contribution is -0.122. The summed E-state index contributed by atoms with van der Waals surface area (Å²) in [6.45, 7) is 0.486. The van der Waals surface area contributed by atoms with Gasteiger partial charge in [-0.2, -0.15) is 5.10 Å². The summed E-state index contributed by atoms with van der Waals surface area (Å²) in [6, 6.07) is 7.42. The van der Waals surface area contributed by atoms with Gasteiger partial charge in [0.1, 0.15) is 5.02 Å². The molecular weight excluding hydrogens is 361 g/mol. The van der Waals surface area contributed by atoms with Crippen molar-refractivity contribution in [3.63, 3.8) is 0 Å². The number of hydrogen-bond acceptors (Lipinski definition) is 3. The second-order valence-corrected chi connectivity index (χ2v) is 7.48. The molecule has 0 N–H and O–H groups in total. The van der Waals surface area contributed by atoms with E-state index in [2.05, 4.69) is 5.10 Å². The minimum absolute atomic E-state index is 0.159. The topological polar surface area (TPSA) is 55.2 Å². The number of nitrogens with zero attached hydrogens (tertiary/aromatic N) is 3. The standard InChI is InChI=1S/C18H17Cl2N3O2/c19-12-7-5-11(6-8-12)9-22-10-15(20)16(21-22)23-17(24)13-3-1-2-4-14(13)18(23)25/h5-8,10,13-14H,1-4,9H2/t13-,14+. The molecule has 1 aromatic heterocycles. The van der Waals surface area contributed by atoms with Gasteiger partial charge in [-0.25, -0.2) is 4.90 Å². The Morgan fingerprint density at radius 2 is 1.60 bits per heavy atom. The number of fused-ring (bicyclic) bond motifs is 1. The fourth-order valence-electron chi connectivity index (χ4n) is 3.77. The van der Waals surface area contributed by atoms with E-state index in [1.165, 1.54) is 4.90 Å². The summed E-state index contributed by atoms with van der Waals surface area (Å²) in [5.41, 5.74) is 1.00. The van der Waals surface area contributed by atoms with Crippen LogP contribution in [0, 0.1) is 11.8 Å². The zero-order valence-corrected chi connectivity index (χ0v) is 15.0. The number of amides is 2. The van der Waals surface area contributed by atoms with Gasteiger partial charge in [-0.3, -0.25) is 14.3 Å². The van der Waals surface area contributed by atoms with E-state index in [0.29, 0.717) is 16.6 Å². The lowest BCUT2D eigenvalue weighted by Gasteiger charge is -2.19. The first-order valence-corrected chi connectivity index (χ1v) is 9.15. The predicted octanol–water partition coefficient (Wildman–Crippen LogP) is 3.92. The molecule has 0 radical (unpaired) electrons. The van der Waals surface area contributed by atoms with Crippen LogP contribution in [0.5, 0.6) is 0 Å². The van der Waals surface area contributed by atoms with Crippen LogP contribution in [-0.4, -0.2) is 21.6 Å². The molecule has 2 aromatic rings. The molecule has 1 saturated carbocycles. The number of imide groups is 1. The first-order chi connectivity index (χ1) is 12.0. The molecule has 2 atom stereocenters. The maximum Gasteiger partial charge on any atom is 0.238 e. The fraction of sp³-hybridized carbons (Fsp3) is 0.389. The van der Waals surface area contributed by atoms with Crippen molar-refractivity contribution in [2.75, 3.05) is 4.90 Å². The summed E-state index contributed by atoms with van der Waals surface area (Å²) in [7, 11) is 0. The summed E-state index contributed by atoms with van der Waals surface area (Å²) in [4.78, 5) is 26.6. The number of carbonyl (C=O) groups excluding carboxylic acids is 2. The van der Waals surface area contributed by atoms with Crippen LogP contribution in [0.4, 0.5) is 5.82 Å². The van der Waals surface area contributed by atoms with Gasteiger partial charge in [0.2, 0.25) is 11.8 Å². The maximum absolute atomic E-state index is 12.7. The number of benzene rings is 1. The predicted molar refractivity (Wildman–Crippen MR) is 95.7 cm³/mol. The number of halogens is 2. The fourth-order valence-corrected chi connectivity index (χ4v) is 4.13. The highest BCUT2D eigenvalue weighted by Gasteiger charge is 2.50. The Hall–Kier alpha value is -1.85. The zero-order valence-electron chi connectivity index (χ0n) is 13.5. The van der Waals surface area contributed by atoms with Crippen molar-refractivity contribution in [2.24, 2.45) is 11.8 Å². The third-order valence-corrected chi connectivity index (χ3v) is 5.53. The lowest BCUT2D eigenvalue weighted by Crippen LogP contribution is -2.31.